The molecule has 0 radical (unpaired) electrons. The van der Waals surface area contributed by atoms with Crippen LogP contribution in [-0.4, -0.2) is 24.0 Å². The van der Waals surface area contributed by atoms with Gasteiger partial charge in [0, 0.05) is 24.3 Å². The van der Waals surface area contributed by atoms with Gasteiger partial charge in [-0.2, -0.15) is 0 Å². The third-order valence-corrected chi connectivity index (χ3v) is 2.59. The molecular weight excluding hydrogens is 226 g/mol. The van der Waals surface area contributed by atoms with Gasteiger partial charge in [-0.1, -0.05) is 20.8 Å². The number of hydrogen-bond donors (Lipinski definition) is 2. The summed E-state index contributed by atoms with van der Waals surface area (Å²) < 4.78 is 0. The smallest absolute Gasteiger partial charge is 0.251 e. The molecule has 1 amide bonds. The highest BCUT2D eigenvalue weighted by molar-refractivity contribution is 5.95. The van der Waals surface area contributed by atoms with Crippen LogP contribution in [0.5, 0.6) is 0 Å². The number of amides is 1. The van der Waals surface area contributed by atoms with E-state index in [9.17, 15) is 4.79 Å². The number of anilines is 1. The SMILES string of the molecule is CCCNc1cc(C(=O)NCC)cc(C(C)C)n1. The van der Waals surface area contributed by atoms with Crippen molar-refractivity contribution in [3.05, 3.63) is 23.4 Å². The van der Waals surface area contributed by atoms with Crippen LogP contribution >= 0.6 is 0 Å². The van der Waals surface area contributed by atoms with Gasteiger partial charge in [0.1, 0.15) is 5.82 Å². The van der Waals surface area contributed by atoms with Crippen LogP contribution in [0.1, 0.15) is 56.1 Å². The fourth-order valence-electron chi connectivity index (χ4n) is 1.59. The van der Waals surface area contributed by atoms with Gasteiger partial charge < -0.3 is 10.6 Å². The molecule has 0 aromatic carbocycles. The van der Waals surface area contributed by atoms with Gasteiger partial charge in [0.05, 0.1) is 0 Å². The van der Waals surface area contributed by atoms with Gasteiger partial charge >= 0.3 is 0 Å². The van der Waals surface area contributed by atoms with Crippen molar-refractivity contribution < 1.29 is 4.79 Å². The molecule has 0 aliphatic heterocycles. The van der Waals surface area contributed by atoms with E-state index < -0.39 is 0 Å². The first-order valence-corrected chi connectivity index (χ1v) is 6.62. The summed E-state index contributed by atoms with van der Waals surface area (Å²) in [5.74, 6) is 1.05. The van der Waals surface area contributed by atoms with E-state index >= 15 is 0 Å². The Morgan fingerprint density at radius 2 is 2.06 bits per heavy atom. The van der Waals surface area contributed by atoms with Crippen molar-refractivity contribution in [3.63, 3.8) is 0 Å². The highest BCUT2D eigenvalue weighted by Crippen LogP contribution is 2.17. The monoisotopic (exact) mass is 249 g/mol. The summed E-state index contributed by atoms with van der Waals surface area (Å²) >= 11 is 0. The predicted molar refractivity (Wildman–Crippen MR) is 75.1 cm³/mol. The third-order valence-electron chi connectivity index (χ3n) is 2.59. The summed E-state index contributed by atoms with van der Waals surface area (Å²) in [6, 6.07) is 3.68. The Bertz CT molecular complexity index is 402. The number of rotatable bonds is 6. The maximum Gasteiger partial charge on any atom is 0.251 e. The van der Waals surface area contributed by atoms with E-state index in [1.807, 2.05) is 19.1 Å². The maximum atomic E-state index is 11.9. The summed E-state index contributed by atoms with van der Waals surface area (Å²) in [4.78, 5) is 16.4. The Hall–Kier alpha value is -1.58. The van der Waals surface area contributed by atoms with Crippen LogP contribution in [0.15, 0.2) is 12.1 Å². The van der Waals surface area contributed by atoms with Gasteiger partial charge in [-0.3, -0.25) is 4.79 Å². The molecule has 1 aromatic rings. The van der Waals surface area contributed by atoms with Crippen LogP contribution in [-0.2, 0) is 0 Å². The zero-order valence-corrected chi connectivity index (χ0v) is 11.7. The van der Waals surface area contributed by atoms with E-state index in [1.54, 1.807) is 0 Å². The molecular formula is C14H23N3O. The van der Waals surface area contributed by atoms with Crippen molar-refractivity contribution >= 4 is 11.7 Å². The van der Waals surface area contributed by atoms with E-state index in [1.165, 1.54) is 0 Å². The summed E-state index contributed by atoms with van der Waals surface area (Å²) in [7, 11) is 0. The molecule has 0 spiro atoms. The maximum absolute atomic E-state index is 11.9. The third kappa shape index (κ3) is 4.02. The van der Waals surface area contributed by atoms with Gasteiger partial charge in [0.2, 0.25) is 0 Å². The first kappa shape index (κ1) is 14.5. The topological polar surface area (TPSA) is 54.0 Å². The lowest BCUT2D eigenvalue weighted by Gasteiger charge is -2.12. The van der Waals surface area contributed by atoms with Crippen molar-refractivity contribution in [1.29, 1.82) is 0 Å². The first-order valence-electron chi connectivity index (χ1n) is 6.62. The zero-order valence-electron chi connectivity index (χ0n) is 11.7. The molecule has 0 saturated carbocycles. The lowest BCUT2D eigenvalue weighted by atomic mass is 10.1. The van der Waals surface area contributed by atoms with Gasteiger partial charge in [-0.05, 0) is 31.4 Å². The normalized spacial score (nSPS) is 10.5. The Balaban J connectivity index is 3.01. The minimum absolute atomic E-state index is 0.0404. The second-order valence-corrected chi connectivity index (χ2v) is 4.61. The molecule has 1 aromatic heterocycles. The summed E-state index contributed by atoms with van der Waals surface area (Å²) in [5.41, 5.74) is 1.62. The number of carbonyl (C=O) groups excluding carboxylic acids is 1. The number of nitrogens with one attached hydrogen (secondary N) is 2. The molecule has 0 fully saturated rings. The highest BCUT2D eigenvalue weighted by atomic mass is 16.1. The van der Waals surface area contributed by atoms with Crippen LogP contribution in [0.4, 0.5) is 5.82 Å². The lowest BCUT2D eigenvalue weighted by Crippen LogP contribution is -2.23. The number of carbonyl (C=O) groups is 1. The van der Waals surface area contributed by atoms with E-state index in [4.69, 9.17) is 0 Å². The quantitative estimate of drug-likeness (QED) is 0.815. The lowest BCUT2D eigenvalue weighted by molar-refractivity contribution is 0.0955. The van der Waals surface area contributed by atoms with Crippen molar-refractivity contribution in [2.45, 2.75) is 40.0 Å². The Morgan fingerprint density at radius 3 is 2.61 bits per heavy atom. The first-order chi connectivity index (χ1) is 8.58. The van der Waals surface area contributed by atoms with Crippen LogP contribution < -0.4 is 10.6 Å². The van der Waals surface area contributed by atoms with Crippen molar-refractivity contribution in [3.8, 4) is 0 Å². The van der Waals surface area contributed by atoms with Gasteiger partial charge in [0.15, 0.2) is 0 Å². The molecule has 1 rings (SSSR count). The summed E-state index contributed by atoms with van der Waals surface area (Å²) in [6.45, 7) is 9.67. The fourth-order valence-corrected chi connectivity index (χ4v) is 1.59. The predicted octanol–water partition coefficient (Wildman–Crippen LogP) is 2.78. The number of aromatic nitrogens is 1. The van der Waals surface area contributed by atoms with E-state index in [2.05, 4.69) is 36.4 Å². The van der Waals surface area contributed by atoms with Crippen molar-refractivity contribution in [2.24, 2.45) is 0 Å². The summed E-state index contributed by atoms with van der Waals surface area (Å²) in [6.07, 6.45) is 1.03. The van der Waals surface area contributed by atoms with Gasteiger partial charge in [-0.15, -0.1) is 0 Å². The molecule has 0 unspecified atom stereocenters. The van der Waals surface area contributed by atoms with Gasteiger partial charge in [0.25, 0.3) is 5.91 Å². The Labute approximate surface area is 109 Å². The molecule has 0 bridgehead atoms. The minimum atomic E-state index is -0.0404. The highest BCUT2D eigenvalue weighted by Gasteiger charge is 2.10. The molecule has 0 atom stereocenters. The number of hydrogen-bond acceptors (Lipinski definition) is 3. The van der Waals surface area contributed by atoms with E-state index in [0.29, 0.717) is 18.0 Å². The van der Waals surface area contributed by atoms with Crippen molar-refractivity contribution in [1.82, 2.24) is 10.3 Å². The molecule has 4 nitrogen and oxygen atoms in total. The fraction of sp³-hybridized carbons (Fsp3) is 0.571. The van der Waals surface area contributed by atoms with Crippen LogP contribution in [0.2, 0.25) is 0 Å². The molecule has 4 heteroatoms. The number of nitrogens with zero attached hydrogens (tertiary/aromatic N) is 1. The average Bonchev–Trinajstić information content (AvgIpc) is 2.36. The summed E-state index contributed by atoms with van der Waals surface area (Å²) in [5, 5.41) is 6.05. The van der Waals surface area contributed by atoms with Gasteiger partial charge in [-0.25, -0.2) is 4.98 Å². The minimum Gasteiger partial charge on any atom is -0.370 e. The molecule has 0 saturated heterocycles. The van der Waals surface area contributed by atoms with Crippen molar-refractivity contribution in [2.75, 3.05) is 18.4 Å². The average molecular weight is 249 g/mol. The molecule has 1 heterocycles. The van der Waals surface area contributed by atoms with E-state index in [0.717, 1.165) is 24.5 Å². The molecule has 0 aliphatic carbocycles. The molecule has 18 heavy (non-hydrogen) atoms. The molecule has 2 N–H and O–H groups in total. The zero-order chi connectivity index (χ0) is 13.5. The molecule has 0 aliphatic rings. The van der Waals surface area contributed by atoms with Crippen LogP contribution in [0.3, 0.4) is 0 Å². The second-order valence-electron chi connectivity index (χ2n) is 4.61. The Morgan fingerprint density at radius 1 is 1.33 bits per heavy atom. The number of pyridine rings is 1. The Kier molecular flexibility index (Phi) is 5.62. The molecule has 100 valence electrons. The largest absolute Gasteiger partial charge is 0.370 e. The second kappa shape index (κ2) is 6.99. The van der Waals surface area contributed by atoms with E-state index in [-0.39, 0.29) is 5.91 Å². The van der Waals surface area contributed by atoms with Crippen LogP contribution in [0, 0.1) is 0 Å². The standard InChI is InChI=1S/C14H23N3O/c1-5-7-16-13-9-11(14(18)15-6-2)8-12(17-13)10(3)4/h8-10H,5-7H2,1-4H3,(H,15,18)(H,16,17). The van der Waals surface area contributed by atoms with Crippen LogP contribution in [0.25, 0.3) is 0 Å².